The highest BCUT2D eigenvalue weighted by Gasteiger charge is 2.59. The van der Waals surface area contributed by atoms with Gasteiger partial charge in [-0.3, -0.25) is 14.8 Å². The van der Waals surface area contributed by atoms with E-state index in [0.29, 0.717) is 30.7 Å². The van der Waals surface area contributed by atoms with Gasteiger partial charge in [0.25, 0.3) is 5.91 Å². The van der Waals surface area contributed by atoms with Gasteiger partial charge in [-0.15, -0.1) is 0 Å². The van der Waals surface area contributed by atoms with Crippen LogP contribution in [0.15, 0.2) is 54.9 Å². The monoisotopic (exact) mass is 502 g/mol. The number of piperidine rings is 1. The summed E-state index contributed by atoms with van der Waals surface area (Å²) >= 11 is 0. The van der Waals surface area contributed by atoms with Crippen molar-refractivity contribution in [2.45, 2.75) is 32.9 Å². The number of nitrogens with zero attached hydrogens (tertiary/aromatic N) is 5. The minimum atomic E-state index is -0.636. The molecule has 0 spiro atoms. The second-order valence-corrected chi connectivity index (χ2v) is 9.92. The summed E-state index contributed by atoms with van der Waals surface area (Å²) in [5.74, 6) is 0.892. The molecule has 0 bridgehead atoms. The third-order valence-electron chi connectivity index (χ3n) is 7.82. The summed E-state index contributed by atoms with van der Waals surface area (Å²) in [5, 5.41) is 11.2. The van der Waals surface area contributed by atoms with Gasteiger partial charge >= 0.3 is 0 Å². The predicted octanol–water partition coefficient (Wildman–Crippen LogP) is 2.94. The van der Waals surface area contributed by atoms with Crippen LogP contribution in [0.5, 0.6) is 0 Å². The SMILES string of the molecule is CCN(CC)CCC(=O)N(Cc1ccc2ccccc2c1)C1C2CN(c3ncc(C(=O)NO)cn3)CC21. The van der Waals surface area contributed by atoms with Crippen molar-refractivity contribution in [1.82, 2.24) is 25.2 Å². The molecule has 9 nitrogen and oxygen atoms in total. The van der Waals surface area contributed by atoms with E-state index in [9.17, 15) is 9.59 Å². The quantitative estimate of drug-likeness (QED) is 0.325. The Balaban J connectivity index is 1.29. The number of carbonyl (C=O) groups is 2. The summed E-state index contributed by atoms with van der Waals surface area (Å²) in [5.41, 5.74) is 2.95. The van der Waals surface area contributed by atoms with Crippen LogP contribution in [-0.4, -0.2) is 75.6 Å². The van der Waals surface area contributed by atoms with Crippen LogP contribution < -0.4 is 10.4 Å². The van der Waals surface area contributed by atoms with Crippen molar-refractivity contribution in [3.8, 4) is 0 Å². The maximum absolute atomic E-state index is 13.5. The molecule has 5 rings (SSSR count). The minimum absolute atomic E-state index is 0.203. The molecule has 2 N–H and O–H groups in total. The van der Waals surface area contributed by atoms with Crippen LogP contribution >= 0.6 is 0 Å². The lowest BCUT2D eigenvalue weighted by molar-refractivity contribution is -0.133. The Hall–Kier alpha value is -3.56. The molecule has 2 heterocycles. The van der Waals surface area contributed by atoms with Gasteiger partial charge in [-0.25, -0.2) is 15.4 Å². The van der Waals surface area contributed by atoms with Crippen molar-refractivity contribution >= 4 is 28.5 Å². The van der Waals surface area contributed by atoms with Crippen LogP contribution in [0.3, 0.4) is 0 Å². The molecule has 2 aliphatic rings. The van der Waals surface area contributed by atoms with E-state index in [4.69, 9.17) is 5.21 Å². The zero-order valence-corrected chi connectivity index (χ0v) is 21.4. The van der Waals surface area contributed by atoms with Gasteiger partial charge in [0.1, 0.15) is 0 Å². The van der Waals surface area contributed by atoms with E-state index in [1.54, 1.807) is 5.48 Å². The van der Waals surface area contributed by atoms with Gasteiger partial charge in [0.2, 0.25) is 11.9 Å². The number of amides is 2. The molecule has 194 valence electrons. The number of rotatable bonds is 10. The van der Waals surface area contributed by atoms with Crippen molar-refractivity contribution in [2.75, 3.05) is 37.6 Å². The molecule has 1 aliphatic heterocycles. The first-order chi connectivity index (χ1) is 18.0. The Bertz CT molecular complexity index is 1250. The van der Waals surface area contributed by atoms with Gasteiger partial charge in [0, 0.05) is 62.9 Å². The molecule has 37 heavy (non-hydrogen) atoms. The Kier molecular flexibility index (Phi) is 7.34. The third kappa shape index (κ3) is 5.28. The van der Waals surface area contributed by atoms with E-state index >= 15 is 0 Å². The van der Waals surface area contributed by atoms with Gasteiger partial charge in [0.15, 0.2) is 0 Å². The third-order valence-corrected chi connectivity index (χ3v) is 7.82. The highest BCUT2D eigenvalue weighted by molar-refractivity contribution is 5.92. The normalized spacial score (nSPS) is 20.2. The standard InChI is InChI=1S/C28H34N6O3/c1-3-32(4-2)12-11-25(35)34(16-19-9-10-20-7-5-6-8-21(20)13-19)26-23-17-33(18-24(23)26)28-29-14-22(15-30-28)27(36)31-37/h5-10,13-15,23-24,26,37H,3-4,11-12,16-18H2,1-2H3,(H,31,36). The van der Waals surface area contributed by atoms with Gasteiger partial charge in [-0.1, -0.05) is 50.2 Å². The smallest absolute Gasteiger partial charge is 0.277 e. The number of fused-ring (bicyclic) bond motifs is 2. The zero-order valence-electron chi connectivity index (χ0n) is 21.4. The van der Waals surface area contributed by atoms with Crippen molar-refractivity contribution in [1.29, 1.82) is 0 Å². The zero-order chi connectivity index (χ0) is 25.9. The number of hydrogen-bond donors (Lipinski definition) is 2. The molecular formula is C28H34N6O3. The number of nitrogens with one attached hydrogen (secondary N) is 1. The Morgan fingerprint density at radius 2 is 1.70 bits per heavy atom. The van der Waals surface area contributed by atoms with Crippen LogP contribution in [0.1, 0.15) is 36.2 Å². The van der Waals surface area contributed by atoms with Gasteiger partial charge in [-0.05, 0) is 35.5 Å². The lowest BCUT2D eigenvalue weighted by Gasteiger charge is -2.29. The van der Waals surface area contributed by atoms with E-state index in [-0.39, 0.29) is 17.5 Å². The lowest BCUT2D eigenvalue weighted by Crippen LogP contribution is -2.40. The molecule has 3 aromatic rings. The summed E-state index contributed by atoms with van der Waals surface area (Å²) in [4.78, 5) is 40.2. The van der Waals surface area contributed by atoms with Crippen molar-refractivity contribution in [2.24, 2.45) is 11.8 Å². The molecule has 1 aromatic heterocycles. The molecule has 2 aromatic carbocycles. The maximum atomic E-state index is 13.5. The predicted molar refractivity (Wildman–Crippen MR) is 141 cm³/mol. The summed E-state index contributed by atoms with van der Waals surface area (Å²) in [7, 11) is 0. The van der Waals surface area contributed by atoms with Crippen LogP contribution in [0.2, 0.25) is 0 Å². The number of hydroxylamine groups is 1. The van der Waals surface area contributed by atoms with Gasteiger partial charge < -0.3 is 14.7 Å². The first kappa shape index (κ1) is 25.1. The summed E-state index contributed by atoms with van der Waals surface area (Å²) < 4.78 is 0. The molecule has 2 unspecified atom stereocenters. The molecule has 2 atom stereocenters. The van der Waals surface area contributed by atoms with Crippen LogP contribution in [0.25, 0.3) is 10.8 Å². The molecule has 2 amide bonds. The number of hydrogen-bond acceptors (Lipinski definition) is 7. The first-order valence-electron chi connectivity index (χ1n) is 13.0. The van der Waals surface area contributed by atoms with Crippen LogP contribution in [0.4, 0.5) is 5.95 Å². The summed E-state index contributed by atoms with van der Waals surface area (Å²) in [6.07, 6.45) is 3.35. The molecule has 0 radical (unpaired) electrons. The summed E-state index contributed by atoms with van der Waals surface area (Å²) in [6.45, 7) is 9.08. The van der Waals surface area contributed by atoms with E-state index < -0.39 is 5.91 Å². The van der Waals surface area contributed by atoms with Crippen molar-refractivity contribution in [3.05, 3.63) is 66.0 Å². The van der Waals surface area contributed by atoms with E-state index in [2.05, 4.69) is 68.8 Å². The number of carbonyl (C=O) groups excluding carboxylic acids is 2. The molecule has 1 saturated heterocycles. The minimum Gasteiger partial charge on any atom is -0.340 e. The van der Waals surface area contributed by atoms with E-state index in [0.717, 1.165) is 38.3 Å². The van der Waals surface area contributed by atoms with E-state index in [1.165, 1.54) is 23.2 Å². The van der Waals surface area contributed by atoms with E-state index in [1.807, 2.05) is 12.1 Å². The molecule has 1 aliphatic carbocycles. The molecule has 1 saturated carbocycles. The second-order valence-electron chi connectivity index (χ2n) is 9.92. The molecule has 2 fully saturated rings. The largest absolute Gasteiger partial charge is 0.340 e. The highest BCUT2D eigenvalue weighted by Crippen LogP contribution is 2.50. The lowest BCUT2D eigenvalue weighted by atomic mass is 10.1. The van der Waals surface area contributed by atoms with Crippen LogP contribution in [-0.2, 0) is 11.3 Å². The van der Waals surface area contributed by atoms with Gasteiger partial charge in [-0.2, -0.15) is 0 Å². The molecular weight excluding hydrogens is 468 g/mol. The fourth-order valence-electron chi connectivity index (χ4n) is 5.62. The Morgan fingerprint density at radius 1 is 1.03 bits per heavy atom. The topological polar surface area (TPSA) is 102 Å². The Morgan fingerprint density at radius 3 is 2.35 bits per heavy atom. The first-order valence-corrected chi connectivity index (χ1v) is 13.0. The average molecular weight is 503 g/mol. The second kappa shape index (κ2) is 10.8. The number of anilines is 1. The Labute approximate surface area is 217 Å². The molecule has 9 heteroatoms. The van der Waals surface area contributed by atoms with Crippen LogP contribution in [0, 0.1) is 11.8 Å². The highest BCUT2D eigenvalue weighted by atomic mass is 16.5. The van der Waals surface area contributed by atoms with Crippen molar-refractivity contribution < 1.29 is 14.8 Å². The maximum Gasteiger partial charge on any atom is 0.277 e. The average Bonchev–Trinajstić information content (AvgIpc) is 3.42. The number of benzene rings is 2. The fourth-order valence-corrected chi connectivity index (χ4v) is 5.62. The van der Waals surface area contributed by atoms with Gasteiger partial charge in [0.05, 0.1) is 5.56 Å². The number of aromatic nitrogens is 2. The summed E-state index contributed by atoms with van der Waals surface area (Å²) in [6, 6.07) is 15.0. The fraction of sp³-hybridized carbons (Fsp3) is 0.429. The van der Waals surface area contributed by atoms with Crippen molar-refractivity contribution in [3.63, 3.8) is 0 Å².